The number of carbonyl (C=O) groups is 2. The zero-order chi connectivity index (χ0) is 26.6. The lowest BCUT2D eigenvalue weighted by Gasteiger charge is -2.15. The third kappa shape index (κ3) is 6.57. The molecule has 0 spiro atoms. The van der Waals surface area contributed by atoms with Gasteiger partial charge in [0.25, 0.3) is 5.91 Å². The molecule has 0 unspecified atom stereocenters. The molecule has 3 aromatic rings. The molecule has 0 aliphatic rings. The molecule has 2 aromatic carbocycles. The SMILES string of the molecule is Cc1cc(CC(=O)N/C(C=NC(C)(C)C)=C/N)cc(Cl)c1Oc1ccnc2cc(F)c(C(N)=O)cc12. The fourth-order valence-electron chi connectivity index (χ4n) is 3.33. The third-order valence-electron chi connectivity index (χ3n) is 4.98. The summed E-state index contributed by atoms with van der Waals surface area (Å²) in [4.78, 5) is 32.6. The van der Waals surface area contributed by atoms with Gasteiger partial charge in [-0.05, 0) is 57.0 Å². The Kier molecular flexibility index (Phi) is 7.94. The average molecular weight is 512 g/mol. The van der Waals surface area contributed by atoms with Crippen LogP contribution in [0.2, 0.25) is 5.02 Å². The molecule has 3 rings (SSSR count). The van der Waals surface area contributed by atoms with Gasteiger partial charge >= 0.3 is 0 Å². The number of primary amides is 1. The first-order chi connectivity index (χ1) is 16.9. The largest absolute Gasteiger partial charge is 0.455 e. The Morgan fingerprint density at radius 1 is 1.25 bits per heavy atom. The second-order valence-corrected chi connectivity index (χ2v) is 9.53. The number of nitrogens with one attached hydrogen (secondary N) is 1. The highest BCUT2D eigenvalue weighted by Crippen LogP contribution is 2.37. The number of pyridine rings is 1. The fraction of sp³-hybridized carbons (Fsp3) is 0.231. The summed E-state index contributed by atoms with van der Waals surface area (Å²) in [5, 5.41) is 3.38. The van der Waals surface area contributed by atoms with Crippen molar-refractivity contribution < 1.29 is 18.7 Å². The van der Waals surface area contributed by atoms with Crippen LogP contribution in [0.5, 0.6) is 11.5 Å². The van der Waals surface area contributed by atoms with Crippen LogP contribution in [0.4, 0.5) is 4.39 Å². The third-order valence-corrected chi connectivity index (χ3v) is 5.26. The standard InChI is InChI=1S/C26H27ClFN5O3/c1-14-7-15(9-23(34)33-16(12-29)13-32-26(2,3)4)8-19(27)24(14)36-22-5-6-31-21-11-20(28)17(25(30)35)10-18(21)22/h5-8,10-13H,9,29H2,1-4H3,(H2,30,35)(H,33,34)/b16-12+,32-13?. The predicted molar refractivity (Wildman–Crippen MR) is 139 cm³/mol. The van der Waals surface area contributed by atoms with Crippen molar-refractivity contribution in [2.75, 3.05) is 0 Å². The van der Waals surface area contributed by atoms with E-state index in [0.29, 0.717) is 33.7 Å². The lowest BCUT2D eigenvalue weighted by Crippen LogP contribution is -2.26. The molecular formula is C26H27ClFN5O3. The molecule has 0 aliphatic heterocycles. The van der Waals surface area contributed by atoms with Crippen LogP contribution in [0.3, 0.4) is 0 Å². The number of nitrogens with zero attached hydrogens (tertiary/aromatic N) is 2. The number of halogens is 2. The van der Waals surface area contributed by atoms with Crippen LogP contribution in [0.1, 0.15) is 42.3 Å². The first-order valence-corrected chi connectivity index (χ1v) is 11.4. The minimum absolute atomic E-state index is 0.0426. The van der Waals surface area contributed by atoms with E-state index in [4.69, 9.17) is 27.8 Å². The molecule has 1 heterocycles. The first kappa shape index (κ1) is 26.6. The van der Waals surface area contributed by atoms with Gasteiger partial charge in [-0.2, -0.15) is 0 Å². The minimum atomic E-state index is -0.904. The lowest BCUT2D eigenvalue weighted by molar-refractivity contribution is -0.119. The summed E-state index contributed by atoms with van der Waals surface area (Å²) in [7, 11) is 0. The topological polar surface area (TPSA) is 133 Å². The first-order valence-electron chi connectivity index (χ1n) is 11.0. The van der Waals surface area contributed by atoms with Crippen molar-refractivity contribution in [2.45, 2.75) is 39.7 Å². The normalized spacial score (nSPS) is 12.2. The summed E-state index contributed by atoms with van der Waals surface area (Å²) < 4.78 is 20.2. The summed E-state index contributed by atoms with van der Waals surface area (Å²) in [5.41, 5.74) is 12.3. The molecule has 10 heteroatoms. The number of nitrogens with two attached hydrogens (primary N) is 2. The van der Waals surface area contributed by atoms with Crippen LogP contribution in [0.15, 0.2) is 53.4 Å². The van der Waals surface area contributed by atoms with E-state index in [1.54, 1.807) is 25.1 Å². The molecule has 0 saturated carbocycles. The summed E-state index contributed by atoms with van der Waals surface area (Å²) in [6.45, 7) is 7.56. The summed E-state index contributed by atoms with van der Waals surface area (Å²) in [6, 6.07) is 7.38. The quantitative estimate of drug-likeness (QED) is 0.400. The number of aromatic nitrogens is 1. The van der Waals surface area contributed by atoms with E-state index in [9.17, 15) is 14.0 Å². The fourth-order valence-corrected chi connectivity index (χ4v) is 3.66. The van der Waals surface area contributed by atoms with Gasteiger partial charge in [0.05, 0.1) is 33.8 Å². The van der Waals surface area contributed by atoms with Gasteiger partial charge in [-0.1, -0.05) is 17.7 Å². The molecule has 1 aromatic heterocycles. The predicted octanol–water partition coefficient (Wildman–Crippen LogP) is 4.56. The van der Waals surface area contributed by atoms with Crippen LogP contribution in [0.25, 0.3) is 10.9 Å². The molecule has 0 bridgehead atoms. The molecule has 0 fully saturated rings. The van der Waals surface area contributed by atoms with Crippen molar-refractivity contribution in [3.63, 3.8) is 0 Å². The number of hydrogen-bond acceptors (Lipinski definition) is 6. The summed E-state index contributed by atoms with van der Waals surface area (Å²) in [5.74, 6) is -1.31. The van der Waals surface area contributed by atoms with Crippen molar-refractivity contribution in [1.82, 2.24) is 10.3 Å². The van der Waals surface area contributed by atoms with E-state index < -0.39 is 11.7 Å². The maximum atomic E-state index is 14.1. The van der Waals surface area contributed by atoms with Crippen LogP contribution < -0.4 is 21.5 Å². The van der Waals surface area contributed by atoms with E-state index in [1.807, 2.05) is 20.8 Å². The highest BCUT2D eigenvalue weighted by Gasteiger charge is 2.17. The lowest BCUT2D eigenvalue weighted by atomic mass is 10.1. The molecule has 8 nitrogen and oxygen atoms in total. The maximum Gasteiger partial charge on any atom is 0.251 e. The number of allylic oxidation sites excluding steroid dienone is 1. The number of amides is 2. The van der Waals surface area contributed by atoms with E-state index >= 15 is 0 Å². The molecule has 0 radical (unpaired) electrons. The second-order valence-electron chi connectivity index (χ2n) is 9.12. The number of rotatable bonds is 7. The Balaban J connectivity index is 1.83. The Morgan fingerprint density at radius 2 is 1.97 bits per heavy atom. The molecular weight excluding hydrogens is 485 g/mol. The number of benzene rings is 2. The molecule has 0 atom stereocenters. The van der Waals surface area contributed by atoms with Gasteiger partial charge in [-0.15, -0.1) is 0 Å². The molecule has 36 heavy (non-hydrogen) atoms. The van der Waals surface area contributed by atoms with E-state index in [1.165, 1.54) is 24.7 Å². The van der Waals surface area contributed by atoms with Gasteiger partial charge in [-0.3, -0.25) is 19.6 Å². The van der Waals surface area contributed by atoms with Crippen molar-refractivity contribution in [3.05, 3.63) is 76.0 Å². The molecule has 5 N–H and O–H groups in total. The van der Waals surface area contributed by atoms with Crippen molar-refractivity contribution >= 4 is 40.5 Å². The smallest absolute Gasteiger partial charge is 0.251 e. The molecule has 188 valence electrons. The Hall–Kier alpha value is -3.98. The van der Waals surface area contributed by atoms with E-state index in [0.717, 1.165) is 6.07 Å². The van der Waals surface area contributed by atoms with Gasteiger partial charge < -0.3 is 21.5 Å². The summed E-state index contributed by atoms with van der Waals surface area (Å²) in [6.07, 6.45) is 4.29. The van der Waals surface area contributed by atoms with Crippen molar-refractivity contribution in [1.29, 1.82) is 0 Å². The molecule has 0 aliphatic carbocycles. The van der Waals surface area contributed by atoms with Gasteiger partial charge in [0.15, 0.2) is 0 Å². The molecule has 2 amide bonds. The van der Waals surface area contributed by atoms with E-state index in [-0.39, 0.29) is 34.0 Å². The number of aryl methyl sites for hydroxylation is 1. The van der Waals surface area contributed by atoms with Crippen molar-refractivity contribution in [2.24, 2.45) is 16.5 Å². The van der Waals surface area contributed by atoms with Crippen LogP contribution in [0, 0.1) is 12.7 Å². The monoisotopic (exact) mass is 511 g/mol. The van der Waals surface area contributed by atoms with Crippen molar-refractivity contribution in [3.8, 4) is 11.5 Å². The van der Waals surface area contributed by atoms with Crippen LogP contribution in [-0.4, -0.2) is 28.6 Å². The zero-order valence-corrected chi connectivity index (χ0v) is 21.1. The number of hydrogen-bond donors (Lipinski definition) is 3. The Morgan fingerprint density at radius 3 is 2.58 bits per heavy atom. The Bertz CT molecular complexity index is 1370. The van der Waals surface area contributed by atoms with Gasteiger partial charge in [0, 0.05) is 30.1 Å². The van der Waals surface area contributed by atoms with Gasteiger partial charge in [-0.25, -0.2) is 4.39 Å². The van der Waals surface area contributed by atoms with Gasteiger partial charge in [0.1, 0.15) is 17.3 Å². The highest BCUT2D eigenvalue weighted by atomic mass is 35.5. The number of carbonyl (C=O) groups excluding carboxylic acids is 2. The number of aliphatic imine (C=N–C) groups is 1. The summed E-state index contributed by atoms with van der Waals surface area (Å²) >= 11 is 6.50. The Labute approximate surface area is 213 Å². The minimum Gasteiger partial charge on any atom is -0.455 e. The maximum absolute atomic E-state index is 14.1. The highest BCUT2D eigenvalue weighted by molar-refractivity contribution is 6.32. The average Bonchev–Trinajstić information content (AvgIpc) is 2.77. The van der Waals surface area contributed by atoms with E-state index in [2.05, 4.69) is 15.3 Å². The number of ether oxygens (including phenoxy) is 1. The zero-order valence-electron chi connectivity index (χ0n) is 20.4. The van der Waals surface area contributed by atoms with Gasteiger partial charge in [0.2, 0.25) is 5.91 Å². The number of fused-ring (bicyclic) bond motifs is 1. The molecule has 0 saturated heterocycles. The van der Waals surface area contributed by atoms with Crippen LogP contribution in [-0.2, 0) is 11.2 Å². The second kappa shape index (κ2) is 10.7. The van der Waals surface area contributed by atoms with Crippen LogP contribution >= 0.6 is 11.6 Å².